The van der Waals surface area contributed by atoms with E-state index in [4.69, 9.17) is 37.0 Å². The van der Waals surface area contributed by atoms with Crippen molar-refractivity contribution in [3.63, 3.8) is 0 Å². The summed E-state index contributed by atoms with van der Waals surface area (Å²) in [5.41, 5.74) is 0. The average molecular weight is 1420 g/mol. The SMILES string of the molecule is CCCCCCCCCCCCCCCCCC(=O)OC[C@H](COP(=O)(O)OC[C@@H](O)COP(=O)(O)OC[C@@H](COC(=O)CCCCCCCCCCC(C)C)OC(=O)CCCCCCCCCCCCCCCCC)OC(=O)CCCCCCCCCCCCCCCC(C)C. The Balaban J connectivity index is 5.26. The van der Waals surface area contributed by atoms with E-state index in [1.54, 1.807) is 0 Å². The van der Waals surface area contributed by atoms with Gasteiger partial charge in [0.2, 0.25) is 0 Å². The maximum Gasteiger partial charge on any atom is 0.472 e. The summed E-state index contributed by atoms with van der Waals surface area (Å²) in [5.74, 6) is -0.598. The van der Waals surface area contributed by atoms with Gasteiger partial charge in [0, 0.05) is 25.7 Å². The van der Waals surface area contributed by atoms with E-state index in [9.17, 15) is 43.2 Å². The van der Waals surface area contributed by atoms with E-state index in [0.717, 1.165) is 102 Å². The van der Waals surface area contributed by atoms with Gasteiger partial charge < -0.3 is 33.8 Å². The van der Waals surface area contributed by atoms with Gasteiger partial charge in [0.05, 0.1) is 26.4 Å². The zero-order chi connectivity index (χ0) is 71.4. The first-order chi connectivity index (χ1) is 46.9. The molecule has 17 nitrogen and oxygen atoms in total. The van der Waals surface area contributed by atoms with Gasteiger partial charge in [-0.2, -0.15) is 0 Å². The zero-order valence-electron chi connectivity index (χ0n) is 63.4. The summed E-state index contributed by atoms with van der Waals surface area (Å²) < 4.78 is 68.6. The predicted octanol–water partition coefficient (Wildman–Crippen LogP) is 23.1. The lowest BCUT2D eigenvalue weighted by Gasteiger charge is -2.21. The van der Waals surface area contributed by atoms with E-state index in [2.05, 4.69) is 41.5 Å². The lowest BCUT2D eigenvalue weighted by atomic mass is 10.0. The molecule has 0 saturated carbocycles. The lowest BCUT2D eigenvalue weighted by molar-refractivity contribution is -0.161. The first-order valence-corrected chi connectivity index (χ1v) is 43.5. The van der Waals surface area contributed by atoms with Crippen LogP contribution in [-0.2, 0) is 65.4 Å². The van der Waals surface area contributed by atoms with Crippen LogP contribution in [0.5, 0.6) is 0 Å². The van der Waals surface area contributed by atoms with Crippen molar-refractivity contribution >= 4 is 39.5 Å². The number of unbranched alkanes of at least 4 members (excludes halogenated alkanes) is 47. The summed E-state index contributed by atoms with van der Waals surface area (Å²) in [6.07, 6.45) is 58.1. The Morgan fingerprint density at radius 2 is 0.474 bits per heavy atom. The molecule has 0 aliphatic rings. The van der Waals surface area contributed by atoms with Crippen molar-refractivity contribution in [1.29, 1.82) is 0 Å². The number of aliphatic hydroxyl groups is 1. The van der Waals surface area contributed by atoms with Gasteiger partial charge >= 0.3 is 39.5 Å². The van der Waals surface area contributed by atoms with E-state index in [-0.39, 0.29) is 25.7 Å². The van der Waals surface area contributed by atoms with Crippen molar-refractivity contribution in [2.45, 2.75) is 426 Å². The molecule has 0 heterocycles. The fourth-order valence-corrected chi connectivity index (χ4v) is 13.6. The zero-order valence-corrected chi connectivity index (χ0v) is 65.2. The van der Waals surface area contributed by atoms with Gasteiger partial charge in [0.1, 0.15) is 19.3 Å². The molecule has 0 fully saturated rings. The summed E-state index contributed by atoms with van der Waals surface area (Å²) in [5, 5.41) is 10.6. The molecule has 5 atom stereocenters. The van der Waals surface area contributed by atoms with Gasteiger partial charge in [-0.05, 0) is 37.5 Å². The number of aliphatic hydroxyl groups excluding tert-OH is 1. The second kappa shape index (κ2) is 69.8. The van der Waals surface area contributed by atoms with Crippen molar-refractivity contribution in [1.82, 2.24) is 0 Å². The number of hydrogen-bond donors (Lipinski definition) is 3. The predicted molar refractivity (Wildman–Crippen MR) is 395 cm³/mol. The molecule has 0 bridgehead atoms. The molecule has 19 heteroatoms. The van der Waals surface area contributed by atoms with Crippen LogP contribution >= 0.6 is 15.6 Å². The fraction of sp³-hybridized carbons (Fsp3) is 0.949. The van der Waals surface area contributed by atoms with Crippen LogP contribution in [0.2, 0.25) is 0 Å². The molecule has 0 radical (unpaired) electrons. The summed E-state index contributed by atoms with van der Waals surface area (Å²) in [7, 11) is -9.92. The first kappa shape index (κ1) is 95.1. The number of hydrogen-bond acceptors (Lipinski definition) is 15. The monoisotopic (exact) mass is 1420 g/mol. The second-order valence-corrected chi connectivity index (χ2v) is 32.0. The Bertz CT molecular complexity index is 1870. The number of rotatable bonds is 77. The lowest BCUT2D eigenvalue weighted by Crippen LogP contribution is -2.30. The molecule has 0 aromatic carbocycles. The van der Waals surface area contributed by atoms with Crippen LogP contribution in [0.25, 0.3) is 0 Å². The number of phosphoric acid groups is 2. The molecule has 0 spiro atoms. The summed E-state index contributed by atoms with van der Waals surface area (Å²) >= 11 is 0. The van der Waals surface area contributed by atoms with Crippen LogP contribution in [0.15, 0.2) is 0 Å². The van der Waals surface area contributed by atoms with Gasteiger partial charge in [-0.1, -0.05) is 356 Å². The molecule has 0 aromatic heterocycles. The van der Waals surface area contributed by atoms with Crippen LogP contribution in [0.4, 0.5) is 0 Å². The molecular weight excluding hydrogens is 1270 g/mol. The maximum absolute atomic E-state index is 13.1. The Labute approximate surface area is 594 Å². The fourth-order valence-electron chi connectivity index (χ4n) is 12.0. The normalized spacial score (nSPS) is 14.0. The molecule has 0 aromatic rings. The molecule has 0 saturated heterocycles. The van der Waals surface area contributed by atoms with Crippen LogP contribution in [0.3, 0.4) is 0 Å². The molecule has 3 N–H and O–H groups in total. The van der Waals surface area contributed by atoms with E-state index >= 15 is 0 Å². The summed E-state index contributed by atoms with van der Waals surface area (Å²) in [6, 6.07) is 0. The molecule has 2 unspecified atom stereocenters. The highest BCUT2D eigenvalue weighted by Crippen LogP contribution is 2.45. The molecule has 0 rings (SSSR count). The molecule has 97 heavy (non-hydrogen) atoms. The van der Waals surface area contributed by atoms with Gasteiger partial charge in [-0.25, -0.2) is 9.13 Å². The van der Waals surface area contributed by atoms with E-state index in [1.807, 2.05) is 0 Å². The van der Waals surface area contributed by atoms with Crippen LogP contribution in [0.1, 0.15) is 408 Å². The Morgan fingerprint density at radius 1 is 0.278 bits per heavy atom. The van der Waals surface area contributed by atoms with Crippen molar-refractivity contribution in [2.24, 2.45) is 11.8 Å². The van der Waals surface area contributed by atoms with Crippen LogP contribution in [0, 0.1) is 11.8 Å². The third-order valence-electron chi connectivity index (χ3n) is 18.2. The third kappa shape index (κ3) is 72.2. The van der Waals surface area contributed by atoms with Crippen LogP contribution in [-0.4, -0.2) is 96.7 Å². The largest absolute Gasteiger partial charge is 0.472 e. The first-order valence-electron chi connectivity index (χ1n) is 40.5. The quantitative estimate of drug-likeness (QED) is 0.0222. The van der Waals surface area contributed by atoms with Crippen molar-refractivity contribution in [2.75, 3.05) is 39.6 Å². The van der Waals surface area contributed by atoms with Crippen molar-refractivity contribution in [3.05, 3.63) is 0 Å². The van der Waals surface area contributed by atoms with Gasteiger partial charge in [-0.15, -0.1) is 0 Å². The number of ether oxygens (including phenoxy) is 4. The minimum Gasteiger partial charge on any atom is -0.462 e. The molecular formula is C78H152O17P2. The van der Waals surface area contributed by atoms with Gasteiger partial charge in [0.25, 0.3) is 0 Å². The second-order valence-electron chi connectivity index (χ2n) is 29.1. The smallest absolute Gasteiger partial charge is 0.462 e. The van der Waals surface area contributed by atoms with Crippen molar-refractivity contribution in [3.8, 4) is 0 Å². The highest BCUT2D eigenvalue weighted by Gasteiger charge is 2.30. The number of phosphoric ester groups is 2. The number of carbonyl (C=O) groups excluding carboxylic acids is 4. The molecule has 0 amide bonds. The maximum atomic E-state index is 13.1. The Kier molecular flexibility index (Phi) is 68.4. The molecule has 0 aliphatic carbocycles. The summed E-state index contributed by atoms with van der Waals surface area (Å²) in [4.78, 5) is 72.9. The summed E-state index contributed by atoms with van der Waals surface area (Å²) in [6.45, 7) is 9.60. The highest BCUT2D eigenvalue weighted by atomic mass is 31.2. The minimum atomic E-state index is -4.96. The topological polar surface area (TPSA) is 237 Å². The van der Waals surface area contributed by atoms with Gasteiger partial charge in [-0.3, -0.25) is 37.3 Å². The number of esters is 4. The third-order valence-corrected chi connectivity index (χ3v) is 20.1. The van der Waals surface area contributed by atoms with Crippen LogP contribution < -0.4 is 0 Å². The highest BCUT2D eigenvalue weighted by molar-refractivity contribution is 7.47. The van der Waals surface area contributed by atoms with Crippen molar-refractivity contribution < 1.29 is 80.2 Å². The van der Waals surface area contributed by atoms with E-state index < -0.39 is 97.5 Å². The minimum absolute atomic E-state index is 0.108. The standard InChI is InChI=1S/C78H152O17P2/c1-7-9-11-13-15-17-19-21-23-27-31-35-42-48-54-60-75(80)88-66-73(94-78(83)63-57-51-45-37-33-29-25-26-30-34-40-46-52-58-70(3)4)68-92-96(84,85)90-64-72(79)65-91-97(86,87)93-69-74(67-89-76(81)61-55-49-43-39-38-41-47-53-59-71(5)6)95-77(82)62-56-50-44-36-32-28-24-22-20-18-16-14-12-10-8-2/h70-74,79H,7-69H2,1-6H3,(H,84,85)(H,86,87)/t72-,73-,74-/m1/s1. The Hall–Kier alpha value is -1.94. The number of carbonyl (C=O) groups is 4. The molecule has 0 aliphatic heterocycles. The Morgan fingerprint density at radius 3 is 0.701 bits per heavy atom. The van der Waals surface area contributed by atoms with E-state index in [1.165, 1.54) is 225 Å². The van der Waals surface area contributed by atoms with E-state index in [0.29, 0.717) is 25.7 Å². The average Bonchev–Trinajstić information content (AvgIpc) is 1.59. The van der Waals surface area contributed by atoms with Gasteiger partial charge in [0.15, 0.2) is 12.2 Å². The molecule has 576 valence electrons.